The van der Waals surface area contributed by atoms with E-state index in [0.717, 1.165) is 12.1 Å². The fourth-order valence-corrected chi connectivity index (χ4v) is 2.67. The molecule has 1 amide bonds. The van der Waals surface area contributed by atoms with Crippen molar-refractivity contribution in [3.05, 3.63) is 80.2 Å². The molecule has 3 aromatic rings. The van der Waals surface area contributed by atoms with Crippen LogP contribution in [0, 0.1) is 15.9 Å². The molecule has 3 rings (SSSR count). The van der Waals surface area contributed by atoms with E-state index >= 15 is 0 Å². The smallest absolute Gasteiger partial charge is 0.269 e. The van der Waals surface area contributed by atoms with Crippen LogP contribution >= 0.6 is 23.2 Å². The summed E-state index contributed by atoms with van der Waals surface area (Å²) in [5.74, 6) is -1.16. The van der Waals surface area contributed by atoms with Gasteiger partial charge in [-0.25, -0.2) is 9.07 Å². The maximum atomic E-state index is 13.6. The third-order valence-corrected chi connectivity index (χ3v) is 4.05. The Bertz CT molecular complexity index is 1010. The van der Waals surface area contributed by atoms with Gasteiger partial charge in [0.05, 0.1) is 32.4 Å². The fourth-order valence-electron chi connectivity index (χ4n) is 2.20. The summed E-state index contributed by atoms with van der Waals surface area (Å²) >= 11 is 11.6. The molecule has 1 heterocycles. The van der Waals surface area contributed by atoms with Crippen LogP contribution in [0.5, 0.6) is 0 Å². The van der Waals surface area contributed by atoms with E-state index in [2.05, 4.69) is 10.4 Å². The van der Waals surface area contributed by atoms with Gasteiger partial charge in [-0.15, -0.1) is 0 Å². The molecule has 0 radical (unpaired) electrons. The van der Waals surface area contributed by atoms with Crippen molar-refractivity contribution in [3.8, 4) is 5.69 Å². The van der Waals surface area contributed by atoms with Crippen molar-refractivity contribution in [2.24, 2.45) is 0 Å². The van der Waals surface area contributed by atoms with Gasteiger partial charge in [-0.3, -0.25) is 14.9 Å². The average Bonchev–Trinajstić information content (AvgIpc) is 3.06. The first-order chi connectivity index (χ1) is 12.4. The number of nitro groups is 1. The normalized spacial score (nSPS) is 10.6. The molecule has 0 aliphatic rings. The van der Waals surface area contributed by atoms with Crippen molar-refractivity contribution in [2.75, 3.05) is 5.32 Å². The van der Waals surface area contributed by atoms with Crippen molar-refractivity contribution < 1.29 is 14.1 Å². The first-order valence-electron chi connectivity index (χ1n) is 7.11. The van der Waals surface area contributed by atoms with Gasteiger partial charge >= 0.3 is 0 Å². The largest absolute Gasteiger partial charge is 0.306 e. The van der Waals surface area contributed by atoms with Crippen molar-refractivity contribution in [3.63, 3.8) is 0 Å². The number of nitrogens with one attached hydrogen (secondary N) is 1. The van der Waals surface area contributed by atoms with Crippen molar-refractivity contribution in [2.45, 2.75) is 0 Å². The van der Waals surface area contributed by atoms with E-state index in [9.17, 15) is 19.3 Å². The first-order valence-corrected chi connectivity index (χ1v) is 7.87. The third-order valence-electron chi connectivity index (χ3n) is 3.44. The number of anilines is 1. The lowest BCUT2D eigenvalue weighted by Gasteiger charge is -2.10. The zero-order valence-electron chi connectivity index (χ0n) is 12.8. The number of amides is 1. The molecule has 26 heavy (non-hydrogen) atoms. The number of aromatic nitrogens is 2. The number of hydrogen-bond acceptors (Lipinski definition) is 4. The molecule has 0 saturated carbocycles. The van der Waals surface area contributed by atoms with Crippen LogP contribution in [0.4, 0.5) is 15.9 Å². The summed E-state index contributed by atoms with van der Waals surface area (Å²) in [5, 5.41) is 17.2. The van der Waals surface area contributed by atoms with Gasteiger partial charge in [0, 0.05) is 18.2 Å². The average molecular weight is 395 g/mol. The van der Waals surface area contributed by atoms with Gasteiger partial charge in [-0.1, -0.05) is 23.2 Å². The van der Waals surface area contributed by atoms with E-state index in [1.165, 1.54) is 41.2 Å². The summed E-state index contributed by atoms with van der Waals surface area (Å²) in [7, 11) is 0. The molecular weight excluding hydrogens is 386 g/mol. The highest BCUT2D eigenvalue weighted by atomic mass is 35.5. The Morgan fingerprint density at radius 2 is 1.85 bits per heavy atom. The molecule has 7 nitrogen and oxygen atoms in total. The lowest BCUT2D eigenvalue weighted by Crippen LogP contribution is -2.16. The summed E-state index contributed by atoms with van der Waals surface area (Å²) < 4.78 is 15.0. The second-order valence-electron chi connectivity index (χ2n) is 5.10. The minimum Gasteiger partial charge on any atom is -0.306 e. The minimum absolute atomic E-state index is 0.00435. The lowest BCUT2D eigenvalue weighted by molar-refractivity contribution is -0.384. The Hall–Kier alpha value is -2.97. The molecule has 0 unspecified atom stereocenters. The van der Waals surface area contributed by atoms with Crippen molar-refractivity contribution >= 4 is 40.6 Å². The fraction of sp³-hybridized carbons (Fsp3) is 0. The van der Waals surface area contributed by atoms with E-state index in [1.807, 2.05) is 0 Å². The summed E-state index contributed by atoms with van der Waals surface area (Å²) in [4.78, 5) is 22.6. The summed E-state index contributed by atoms with van der Waals surface area (Å²) in [6, 6.07) is 9.18. The quantitative estimate of drug-likeness (QED) is 0.401. The summed E-state index contributed by atoms with van der Waals surface area (Å²) in [6.45, 7) is 0. The number of rotatable bonds is 4. The van der Waals surface area contributed by atoms with Gasteiger partial charge in [0.25, 0.3) is 11.6 Å². The standard InChI is InChI=1S/C16H9Cl2FN4O3/c17-12-8-13(18)14(19)7-11(12)16(24)21-15-5-6-20-22(15)9-1-3-10(4-2-9)23(25)26/h1-8H,(H,21,24). The topological polar surface area (TPSA) is 90.1 Å². The Kier molecular flexibility index (Phi) is 4.88. The zero-order chi connectivity index (χ0) is 18.8. The molecule has 0 fully saturated rings. The van der Waals surface area contributed by atoms with Gasteiger partial charge in [0.1, 0.15) is 11.6 Å². The molecule has 0 aliphatic heterocycles. The highest BCUT2D eigenvalue weighted by Gasteiger charge is 2.17. The van der Waals surface area contributed by atoms with Crippen molar-refractivity contribution in [1.82, 2.24) is 9.78 Å². The molecule has 1 aromatic heterocycles. The molecule has 0 atom stereocenters. The van der Waals surface area contributed by atoms with Crippen LogP contribution in [0.25, 0.3) is 5.69 Å². The van der Waals surface area contributed by atoms with Crippen LogP contribution in [0.3, 0.4) is 0 Å². The number of carbonyl (C=O) groups is 1. The molecule has 0 saturated heterocycles. The molecule has 2 aromatic carbocycles. The molecule has 10 heteroatoms. The van der Waals surface area contributed by atoms with Gasteiger partial charge in [-0.2, -0.15) is 5.10 Å². The number of hydrogen-bond donors (Lipinski definition) is 1. The number of nitro benzene ring substituents is 1. The number of carbonyl (C=O) groups excluding carboxylic acids is 1. The maximum absolute atomic E-state index is 13.6. The SMILES string of the molecule is O=C(Nc1ccnn1-c1ccc([N+](=O)[O-])cc1)c1cc(F)c(Cl)cc1Cl. The van der Waals surface area contributed by atoms with Crippen molar-refractivity contribution in [1.29, 1.82) is 0 Å². The molecule has 1 N–H and O–H groups in total. The Morgan fingerprint density at radius 3 is 2.50 bits per heavy atom. The molecular formula is C16H9Cl2FN4O3. The number of non-ortho nitro benzene ring substituents is 1. The first kappa shape index (κ1) is 17.8. The third kappa shape index (κ3) is 3.51. The van der Waals surface area contributed by atoms with Crippen LogP contribution in [0.2, 0.25) is 10.0 Å². The van der Waals surface area contributed by atoms with Crippen LogP contribution in [-0.4, -0.2) is 20.6 Å². The minimum atomic E-state index is -0.773. The molecule has 0 spiro atoms. The van der Waals surface area contributed by atoms with Gasteiger partial charge in [-0.05, 0) is 24.3 Å². The van der Waals surface area contributed by atoms with E-state index < -0.39 is 16.6 Å². The predicted octanol–water partition coefficient (Wildman–Crippen LogP) is 4.48. The monoisotopic (exact) mass is 394 g/mol. The second-order valence-corrected chi connectivity index (χ2v) is 5.92. The lowest BCUT2D eigenvalue weighted by atomic mass is 10.2. The maximum Gasteiger partial charge on any atom is 0.269 e. The number of nitrogens with zero attached hydrogens (tertiary/aromatic N) is 3. The molecule has 0 bridgehead atoms. The van der Waals surface area contributed by atoms with Gasteiger partial charge in [0.2, 0.25) is 0 Å². The number of halogens is 3. The number of benzene rings is 2. The highest BCUT2D eigenvalue weighted by Crippen LogP contribution is 2.25. The van der Waals surface area contributed by atoms with Crippen LogP contribution in [0.1, 0.15) is 10.4 Å². The van der Waals surface area contributed by atoms with Gasteiger partial charge in [0.15, 0.2) is 0 Å². The molecule has 132 valence electrons. The Morgan fingerprint density at radius 1 is 1.15 bits per heavy atom. The highest BCUT2D eigenvalue weighted by molar-refractivity contribution is 6.37. The van der Waals surface area contributed by atoms with Crippen LogP contribution in [0.15, 0.2) is 48.7 Å². The van der Waals surface area contributed by atoms with E-state index in [4.69, 9.17) is 23.2 Å². The van der Waals surface area contributed by atoms with Crippen LogP contribution < -0.4 is 5.32 Å². The van der Waals surface area contributed by atoms with E-state index in [1.54, 1.807) is 0 Å². The zero-order valence-corrected chi connectivity index (χ0v) is 14.3. The summed E-state index contributed by atoms with van der Waals surface area (Å²) in [5.41, 5.74) is 0.323. The second kappa shape index (κ2) is 7.11. The van der Waals surface area contributed by atoms with Gasteiger partial charge < -0.3 is 5.32 Å². The Labute approximate surface area is 156 Å². The molecule has 0 aliphatic carbocycles. The Balaban J connectivity index is 1.88. The van der Waals surface area contributed by atoms with E-state index in [-0.39, 0.29) is 27.1 Å². The van der Waals surface area contributed by atoms with E-state index in [0.29, 0.717) is 5.69 Å². The van der Waals surface area contributed by atoms with Crippen LogP contribution in [-0.2, 0) is 0 Å². The summed E-state index contributed by atoms with van der Waals surface area (Å²) in [6.07, 6.45) is 1.43. The predicted molar refractivity (Wildman–Crippen MR) is 94.6 cm³/mol.